The van der Waals surface area contributed by atoms with Gasteiger partial charge < -0.3 is 5.32 Å². The minimum atomic E-state index is -3.67. The van der Waals surface area contributed by atoms with Gasteiger partial charge in [-0.1, -0.05) is 43.0 Å². The fourth-order valence-corrected chi connectivity index (χ4v) is 12.0. The Bertz CT molecular complexity index is 968. The summed E-state index contributed by atoms with van der Waals surface area (Å²) >= 11 is 0. The van der Waals surface area contributed by atoms with Crippen molar-refractivity contribution in [3.8, 4) is 11.1 Å². The summed E-state index contributed by atoms with van der Waals surface area (Å²) < 4.78 is 25.9. The van der Waals surface area contributed by atoms with Crippen molar-refractivity contribution in [3.63, 3.8) is 0 Å². The van der Waals surface area contributed by atoms with Crippen molar-refractivity contribution in [1.82, 2.24) is 0 Å². The van der Waals surface area contributed by atoms with Crippen LogP contribution < -0.4 is 5.32 Å². The molecule has 4 nitrogen and oxygen atoms in total. The molecule has 0 heterocycles. The zero-order chi connectivity index (χ0) is 27.2. The molecule has 0 aliphatic heterocycles. The number of hydrogen-bond donors (Lipinski definition) is 2. The van der Waals surface area contributed by atoms with E-state index in [1.807, 2.05) is 37.4 Å². The Morgan fingerprint density at radius 2 is 1.15 bits per heavy atom. The van der Waals surface area contributed by atoms with Crippen LogP contribution in [0.1, 0.15) is 96.3 Å². The summed E-state index contributed by atoms with van der Waals surface area (Å²) in [6, 6.07) is 19.4. The molecule has 5 rings (SSSR count). The molecular weight excluding hydrogens is 616 g/mol. The summed E-state index contributed by atoms with van der Waals surface area (Å²) in [6.45, 7) is 0. The van der Waals surface area contributed by atoms with E-state index in [0.717, 1.165) is 11.3 Å². The molecule has 3 fully saturated rings. The second-order valence-corrected chi connectivity index (χ2v) is 16.2. The predicted octanol–water partition coefficient (Wildman–Crippen LogP) is 8.90. The molecule has 2 aromatic rings. The summed E-state index contributed by atoms with van der Waals surface area (Å²) in [5.41, 5.74) is 7.13. The SMILES string of the molecule is C1CCC([PH+](C2CCCCC2)C2CCCCC2)CC1.CNc1ccccc1-c1[c-]cccc1.CS(=O)(=O)O.[Pd]. The normalized spacial score (nSPS) is 19.1. The molecule has 0 unspecified atom stereocenters. The molecule has 0 atom stereocenters. The Morgan fingerprint density at radius 1 is 0.744 bits per heavy atom. The summed E-state index contributed by atoms with van der Waals surface area (Å²) in [4.78, 5) is 0. The molecular formula is C32H50NO3PPdS. The molecule has 0 spiro atoms. The third-order valence-electron chi connectivity index (χ3n) is 8.43. The standard InChI is InChI=1S/C18H33P.C13H12N.CH4O3S.Pd/c1-4-10-16(11-5-1)19(17-12-6-2-7-13-17)18-14-8-3-9-15-18;1-14-13-10-6-5-9-12(13)11-7-3-2-4-8-11;1-5(2,3)4;/h16-18H,1-15H2;2-7,9-10,14H,1H3;1H3,(H,2,3,4);/q;-1;;/p+1. The Balaban J connectivity index is 0.000000236. The average molecular weight is 666 g/mol. The molecule has 3 aliphatic carbocycles. The minimum Gasteiger partial charge on any atom is -0.395 e. The Kier molecular flexibility index (Phi) is 16.5. The van der Waals surface area contributed by atoms with Crippen LogP contribution in [0.25, 0.3) is 11.1 Å². The van der Waals surface area contributed by atoms with Gasteiger partial charge in [-0.15, -0.1) is 35.9 Å². The van der Waals surface area contributed by atoms with Crippen molar-refractivity contribution in [3.05, 3.63) is 54.6 Å². The molecule has 7 heteroatoms. The van der Waals surface area contributed by atoms with Crippen molar-refractivity contribution in [2.24, 2.45) is 0 Å². The second-order valence-electron chi connectivity index (χ2n) is 11.3. The van der Waals surface area contributed by atoms with Crippen molar-refractivity contribution < 1.29 is 33.4 Å². The molecule has 0 amide bonds. The maximum absolute atomic E-state index is 9.19. The zero-order valence-corrected chi connectivity index (χ0v) is 27.3. The molecule has 0 saturated heterocycles. The van der Waals surface area contributed by atoms with Crippen LogP contribution >= 0.6 is 7.92 Å². The molecule has 39 heavy (non-hydrogen) atoms. The van der Waals surface area contributed by atoms with Crippen LogP contribution in [0.2, 0.25) is 0 Å². The van der Waals surface area contributed by atoms with E-state index in [1.54, 1.807) is 96.3 Å². The van der Waals surface area contributed by atoms with Crippen molar-refractivity contribution in [1.29, 1.82) is 0 Å². The van der Waals surface area contributed by atoms with Gasteiger partial charge in [0.15, 0.2) is 0 Å². The van der Waals surface area contributed by atoms with Gasteiger partial charge in [0.05, 0.1) is 23.2 Å². The first-order valence-corrected chi connectivity index (χ1v) is 18.5. The fraction of sp³-hybridized carbons (Fsp3) is 0.625. The van der Waals surface area contributed by atoms with E-state index in [9.17, 15) is 8.42 Å². The molecule has 0 radical (unpaired) electrons. The molecule has 2 aromatic carbocycles. The van der Waals surface area contributed by atoms with Gasteiger partial charge >= 0.3 is 0 Å². The largest absolute Gasteiger partial charge is 0.395 e. The fourth-order valence-electron chi connectivity index (χ4n) is 6.80. The second kappa shape index (κ2) is 18.6. The smallest absolute Gasteiger partial charge is 0.261 e. The minimum absolute atomic E-state index is 0. The van der Waals surface area contributed by atoms with Gasteiger partial charge in [0.25, 0.3) is 10.1 Å². The van der Waals surface area contributed by atoms with Crippen LogP contribution in [-0.2, 0) is 30.5 Å². The van der Waals surface area contributed by atoms with E-state index in [1.165, 1.54) is 22.5 Å². The van der Waals surface area contributed by atoms with Crippen LogP contribution in [0.3, 0.4) is 0 Å². The van der Waals surface area contributed by atoms with Crippen LogP contribution in [0, 0.1) is 6.07 Å². The average Bonchev–Trinajstić information content (AvgIpc) is 2.95. The molecule has 3 aliphatic rings. The molecule has 3 saturated carbocycles. The van der Waals surface area contributed by atoms with E-state index in [2.05, 4.69) is 29.6 Å². The summed E-state index contributed by atoms with van der Waals surface area (Å²) in [6.07, 6.45) is 24.5. The first kappa shape index (κ1) is 34.4. The summed E-state index contributed by atoms with van der Waals surface area (Å²) in [5, 5.41) is 3.17. The van der Waals surface area contributed by atoms with Crippen LogP contribution in [0.4, 0.5) is 5.69 Å². The number of hydrogen-bond acceptors (Lipinski definition) is 3. The number of nitrogens with one attached hydrogen (secondary N) is 1. The number of para-hydroxylation sites is 1. The van der Waals surface area contributed by atoms with Gasteiger partial charge in [-0.05, 0) is 88.8 Å². The molecule has 222 valence electrons. The third-order valence-corrected chi connectivity index (χ3v) is 13.0. The summed E-state index contributed by atoms with van der Waals surface area (Å²) in [7, 11) is -1.78. The van der Waals surface area contributed by atoms with Crippen LogP contribution in [0.5, 0.6) is 0 Å². The number of anilines is 1. The predicted molar refractivity (Wildman–Crippen MR) is 167 cm³/mol. The summed E-state index contributed by atoms with van der Waals surface area (Å²) in [5.74, 6) is 0. The Hall–Kier alpha value is -0.758. The maximum Gasteiger partial charge on any atom is 0.261 e. The first-order valence-electron chi connectivity index (χ1n) is 14.9. The monoisotopic (exact) mass is 665 g/mol. The van der Waals surface area contributed by atoms with E-state index in [4.69, 9.17) is 4.55 Å². The van der Waals surface area contributed by atoms with Gasteiger partial charge in [0.1, 0.15) is 0 Å². The number of benzene rings is 2. The topological polar surface area (TPSA) is 66.4 Å². The number of rotatable bonds is 5. The van der Waals surface area contributed by atoms with Gasteiger partial charge in [0.2, 0.25) is 0 Å². The quantitative estimate of drug-likeness (QED) is 0.145. The van der Waals surface area contributed by atoms with E-state index < -0.39 is 10.1 Å². The van der Waals surface area contributed by atoms with E-state index in [0.29, 0.717) is 6.26 Å². The maximum atomic E-state index is 9.19. The third kappa shape index (κ3) is 12.7. The first-order chi connectivity index (χ1) is 18.4. The Morgan fingerprint density at radius 3 is 1.54 bits per heavy atom. The van der Waals surface area contributed by atoms with Gasteiger partial charge in [0, 0.05) is 35.4 Å². The molecule has 0 bridgehead atoms. The van der Waals surface area contributed by atoms with Crippen molar-refractivity contribution in [2.45, 2.75) is 113 Å². The van der Waals surface area contributed by atoms with E-state index in [-0.39, 0.29) is 28.3 Å². The van der Waals surface area contributed by atoms with Gasteiger partial charge in [-0.2, -0.15) is 8.42 Å². The van der Waals surface area contributed by atoms with Gasteiger partial charge in [-0.25, -0.2) is 0 Å². The van der Waals surface area contributed by atoms with Crippen molar-refractivity contribution in [2.75, 3.05) is 18.6 Å². The molecule has 2 N–H and O–H groups in total. The van der Waals surface area contributed by atoms with Gasteiger partial charge in [-0.3, -0.25) is 4.55 Å². The van der Waals surface area contributed by atoms with Crippen LogP contribution in [0.15, 0.2) is 48.5 Å². The Labute approximate surface area is 253 Å². The zero-order valence-electron chi connectivity index (χ0n) is 23.9. The van der Waals surface area contributed by atoms with Crippen LogP contribution in [-0.4, -0.2) is 43.3 Å². The van der Waals surface area contributed by atoms with E-state index >= 15 is 0 Å². The van der Waals surface area contributed by atoms with Crippen molar-refractivity contribution >= 4 is 23.7 Å². The molecule has 0 aromatic heterocycles.